The summed E-state index contributed by atoms with van der Waals surface area (Å²) < 4.78 is 5.33. The Hall–Kier alpha value is -1.75. The summed E-state index contributed by atoms with van der Waals surface area (Å²) in [7, 11) is 0. The number of rotatable bonds is 4. The molecule has 1 aliphatic rings. The number of amides is 1. The minimum absolute atomic E-state index is 0.205. The molecule has 2 aromatic rings. The van der Waals surface area contributed by atoms with Gasteiger partial charge in [0.2, 0.25) is 5.91 Å². The first-order chi connectivity index (χ1) is 12.0. The van der Waals surface area contributed by atoms with E-state index in [2.05, 4.69) is 19.9 Å². The van der Waals surface area contributed by atoms with Crippen LogP contribution in [0.3, 0.4) is 0 Å². The zero-order valence-corrected chi connectivity index (χ0v) is 15.9. The highest BCUT2D eigenvalue weighted by atomic mass is 32.2. The number of hydrogen-bond donors (Lipinski definition) is 0. The molecule has 2 heterocycles. The van der Waals surface area contributed by atoms with Crippen molar-refractivity contribution in [3.8, 4) is 0 Å². The zero-order chi connectivity index (χ0) is 18.0. The first kappa shape index (κ1) is 18.1. The molecule has 0 aliphatic carbocycles. The van der Waals surface area contributed by atoms with Crippen LogP contribution in [0, 0.1) is 13.8 Å². The van der Waals surface area contributed by atoms with Crippen molar-refractivity contribution in [1.29, 1.82) is 0 Å². The van der Waals surface area contributed by atoms with Crippen LogP contribution in [0.2, 0.25) is 0 Å². The van der Waals surface area contributed by atoms with Crippen LogP contribution in [0.4, 0.5) is 0 Å². The van der Waals surface area contributed by atoms with E-state index in [0.717, 1.165) is 35.9 Å². The minimum atomic E-state index is -0.331. The number of fused-ring (bicyclic) bond motifs is 1. The molecule has 1 fully saturated rings. The van der Waals surface area contributed by atoms with E-state index in [1.807, 2.05) is 17.9 Å². The van der Waals surface area contributed by atoms with Crippen molar-refractivity contribution >= 4 is 28.6 Å². The number of thioether (sulfide) groups is 1. The molecule has 4 nitrogen and oxygen atoms in total. The zero-order valence-electron chi connectivity index (χ0n) is 15.1. The van der Waals surface area contributed by atoms with Gasteiger partial charge in [0.15, 0.2) is 0 Å². The molecule has 1 aromatic carbocycles. The Morgan fingerprint density at radius 3 is 2.76 bits per heavy atom. The first-order valence-corrected chi connectivity index (χ1v) is 10.0. The fourth-order valence-corrected chi connectivity index (χ4v) is 4.30. The molecule has 3 rings (SSSR count). The lowest BCUT2D eigenvalue weighted by Crippen LogP contribution is -2.42. The largest absolute Gasteiger partial charge is 0.423 e. The van der Waals surface area contributed by atoms with Crippen LogP contribution >= 0.6 is 11.8 Å². The summed E-state index contributed by atoms with van der Waals surface area (Å²) in [6.07, 6.45) is 3.41. The van der Waals surface area contributed by atoms with E-state index in [4.69, 9.17) is 4.42 Å². The van der Waals surface area contributed by atoms with Crippen LogP contribution < -0.4 is 5.63 Å². The number of aryl methyl sites for hydroxylation is 2. The predicted octanol–water partition coefficient (Wildman–Crippen LogP) is 4.04. The topological polar surface area (TPSA) is 50.5 Å². The Kier molecular flexibility index (Phi) is 5.52. The summed E-state index contributed by atoms with van der Waals surface area (Å²) >= 11 is 1.57. The number of piperidine rings is 1. The van der Waals surface area contributed by atoms with E-state index in [0.29, 0.717) is 23.1 Å². The van der Waals surface area contributed by atoms with Crippen LogP contribution in [0.5, 0.6) is 0 Å². The molecular formula is C20H25NO3S. The third-order valence-corrected chi connectivity index (χ3v) is 6.02. The number of nitrogens with zero attached hydrogens (tertiary/aromatic N) is 1. The summed E-state index contributed by atoms with van der Waals surface area (Å²) in [6.45, 7) is 7.06. The first-order valence-electron chi connectivity index (χ1n) is 8.87. The molecule has 1 amide bonds. The van der Waals surface area contributed by atoms with E-state index < -0.39 is 0 Å². The maximum Gasteiger partial charge on any atom is 0.336 e. The van der Waals surface area contributed by atoms with Crippen LogP contribution in [-0.4, -0.2) is 29.1 Å². The number of likely N-dealkylation sites (tertiary alicyclic amines) is 1. The molecule has 0 radical (unpaired) electrons. The Bertz CT molecular complexity index is 843. The molecule has 1 aromatic heterocycles. The van der Waals surface area contributed by atoms with Gasteiger partial charge in [0.05, 0.1) is 5.75 Å². The molecule has 5 heteroatoms. The Labute approximate surface area is 152 Å². The van der Waals surface area contributed by atoms with Crippen LogP contribution in [0.1, 0.15) is 42.9 Å². The fourth-order valence-electron chi connectivity index (χ4n) is 3.40. The fraction of sp³-hybridized carbons (Fsp3) is 0.500. The van der Waals surface area contributed by atoms with Crippen molar-refractivity contribution in [2.24, 2.45) is 0 Å². The molecule has 1 aliphatic heterocycles. The number of hydrogen-bond acceptors (Lipinski definition) is 4. The highest BCUT2D eigenvalue weighted by Crippen LogP contribution is 2.25. The molecule has 0 N–H and O–H groups in total. The van der Waals surface area contributed by atoms with Gasteiger partial charge in [-0.25, -0.2) is 4.79 Å². The summed E-state index contributed by atoms with van der Waals surface area (Å²) in [5.41, 5.74) is 3.52. The smallest absolute Gasteiger partial charge is 0.336 e. The Morgan fingerprint density at radius 2 is 2.00 bits per heavy atom. The molecule has 1 saturated heterocycles. The van der Waals surface area contributed by atoms with Gasteiger partial charge in [0.1, 0.15) is 5.58 Å². The van der Waals surface area contributed by atoms with E-state index in [-0.39, 0.29) is 11.5 Å². The van der Waals surface area contributed by atoms with Gasteiger partial charge in [-0.05, 0) is 68.9 Å². The van der Waals surface area contributed by atoms with Gasteiger partial charge in [-0.15, -0.1) is 11.8 Å². The molecule has 1 atom stereocenters. The van der Waals surface area contributed by atoms with Crippen LogP contribution in [0.15, 0.2) is 27.4 Å². The number of carbonyl (C=O) groups is 1. The van der Waals surface area contributed by atoms with Gasteiger partial charge >= 0.3 is 5.63 Å². The predicted molar refractivity (Wildman–Crippen MR) is 103 cm³/mol. The van der Waals surface area contributed by atoms with Gasteiger partial charge in [0.25, 0.3) is 0 Å². The SMILES string of the molecule is Cc1cc2oc(=O)cc(CSCC(=O)N3CCCC[C@H]3C)c2cc1C. The highest BCUT2D eigenvalue weighted by Gasteiger charge is 2.22. The molecule has 0 saturated carbocycles. The van der Waals surface area contributed by atoms with Gasteiger partial charge in [-0.3, -0.25) is 4.79 Å². The lowest BCUT2D eigenvalue weighted by Gasteiger charge is -2.33. The highest BCUT2D eigenvalue weighted by molar-refractivity contribution is 7.99. The summed E-state index contributed by atoms with van der Waals surface area (Å²) in [5, 5.41) is 0.967. The van der Waals surface area contributed by atoms with E-state index in [1.165, 1.54) is 12.0 Å². The standard InChI is InChI=1S/C20H25NO3S/c1-13-8-17-16(10-20(23)24-18(17)9-14(13)2)11-25-12-19(22)21-7-5-4-6-15(21)3/h8-10,15H,4-7,11-12H2,1-3H3/t15-/m1/s1. The number of benzene rings is 1. The second-order valence-corrected chi connectivity index (χ2v) is 7.93. The van der Waals surface area contributed by atoms with Gasteiger partial charge in [0, 0.05) is 29.8 Å². The summed E-state index contributed by atoms with van der Waals surface area (Å²) in [4.78, 5) is 26.3. The van der Waals surface area contributed by atoms with Crippen molar-refractivity contribution in [1.82, 2.24) is 4.90 Å². The molecular weight excluding hydrogens is 334 g/mol. The lowest BCUT2D eigenvalue weighted by atomic mass is 10.0. The quantitative estimate of drug-likeness (QED) is 0.773. The third kappa shape index (κ3) is 4.09. The van der Waals surface area contributed by atoms with Crippen LogP contribution in [-0.2, 0) is 10.5 Å². The molecule has 0 unspecified atom stereocenters. The monoisotopic (exact) mass is 359 g/mol. The molecule has 25 heavy (non-hydrogen) atoms. The number of carbonyl (C=O) groups excluding carboxylic acids is 1. The van der Waals surface area contributed by atoms with Crippen molar-refractivity contribution < 1.29 is 9.21 Å². The Morgan fingerprint density at radius 1 is 1.24 bits per heavy atom. The average molecular weight is 359 g/mol. The van der Waals surface area contributed by atoms with Crippen molar-refractivity contribution in [3.63, 3.8) is 0 Å². The summed E-state index contributed by atoms with van der Waals surface area (Å²) in [6, 6.07) is 5.88. The second-order valence-electron chi connectivity index (χ2n) is 6.95. The molecule has 0 spiro atoms. The average Bonchev–Trinajstić information content (AvgIpc) is 2.56. The summed E-state index contributed by atoms with van der Waals surface area (Å²) in [5.74, 6) is 1.30. The lowest BCUT2D eigenvalue weighted by molar-refractivity contribution is -0.131. The molecule has 134 valence electrons. The van der Waals surface area contributed by atoms with E-state index in [1.54, 1.807) is 17.8 Å². The maximum atomic E-state index is 12.5. The van der Waals surface area contributed by atoms with Crippen molar-refractivity contribution in [3.05, 3.63) is 45.3 Å². The maximum absolute atomic E-state index is 12.5. The third-order valence-electron chi connectivity index (χ3n) is 5.05. The van der Waals surface area contributed by atoms with Gasteiger partial charge in [-0.2, -0.15) is 0 Å². The molecule has 0 bridgehead atoms. The van der Waals surface area contributed by atoms with E-state index in [9.17, 15) is 9.59 Å². The van der Waals surface area contributed by atoms with Crippen LogP contribution in [0.25, 0.3) is 11.0 Å². The van der Waals surface area contributed by atoms with Gasteiger partial charge < -0.3 is 9.32 Å². The minimum Gasteiger partial charge on any atom is -0.423 e. The van der Waals surface area contributed by atoms with E-state index >= 15 is 0 Å². The Balaban J connectivity index is 1.72. The second kappa shape index (κ2) is 7.65. The van der Waals surface area contributed by atoms with Crippen molar-refractivity contribution in [2.45, 2.75) is 51.8 Å². The van der Waals surface area contributed by atoms with Gasteiger partial charge in [-0.1, -0.05) is 0 Å². The van der Waals surface area contributed by atoms with Crippen molar-refractivity contribution in [2.75, 3.05) is 12.3 Å². The normalized spacial score (nSPS) is 17.9.